The molecule has 1 aromatic carbocycles. The van der Waals surface area contributed by atoms with Crippen LogP contribution in [0.15, 0.2) is 33.9 Å². The second-order valence-corrected chi connectivity index (χ2v) is 5.70. The molecule has 8 heteroatoms. The number of esters is 1. The lowest BCUT2D eigenvalue weighted by Gasteiger charge is -2.26. The van der Waals surface area contributed by atoms with Gasteiger partial charge in [-0.2, -0.15) is 0 Å². The lowest BCUT2D eigenvalue weighted by atomic mass is 10.0. The molecule has 118 valence electrons. The van der Waals surface area contributed by atoms with Crippen LogP contribution in [0.4, 0.5) is 5.69 Å². The molecule has 1 N–H and O–H groups in total. The average Bonchev–Trinajstić information content (AvgIpc) is 2.93. The van der Waals surface area contributed by atoms with Crippen molar-refractivity contribution < 1.29 is 14.3 Å². The maximum absolute atomic E-state index is 12.3. The summed E-state index contributed by atoms with van der Waals surface area (Å²) in [6, 6.07) is 6.32. The number of carbonyl (C=O) groups is 1. The SMILES string of the molecule is CCOC(=O)C(Nc1cccc(Br)c1)[C@@H]1OCC[C@H]1N=[N+]=[N-]. The number of hydrogen-bond acceptors (Lipinski definition) is 5. The van der Waals surface area contributed by atoms with Crippen LogP contribution in [0.25, 0.3) is 10.4 Å². The van der Waals surface area contributed by atoms with E-state index in [1.54, 1.807) is 6.92 Å². The topological polar surface area (TPSA) is 96.3 Å². The van der Waals surface area contributed by atoms with Crippen LogP contribution >= 0.6 is 15.9 Å². The van der Waals surface area contributed by atoms with Crippen LogP contribution in [0.3, 0.4) is 0 Å². The largest absolute Gasteiger partial charge is 0.464 e. The number of rotatable bonds is 6. The number of halogens is 1. The van der Waals surface area contributed by atoms with E-state index in [-0.39, 0.29) is 12.6 Å². The van der Waals surface area contributed by atoms with Crippen molar-refractivity contribution in [1.82, 2.24) is 0 Å². The van der Waals surface area contributed by atoms with Crippen LogP contribution in [0, 0.1) is 0 Å². The van der Waals surface area contributed by atoms with Gasteiger partial charge in [-0.25, -0.2) is 4.79 Å². The minimum atomic E-state index is -0.729. The zero-order chi connectivity index (χ0) is 15.9. The summed E-state index contributed by atoms with van der Waals surface area (Å²) >= 11 is 3.39. The van der Waals surface area contributed by atoms with Crippen LogP contribution < -0.4 is 5.32 Å². The summed E-state index contributed by atoms with van der Waals surface area (Å²) in [6.45, 7) is 2.47. The van der Waals surface area contributed by atoms with Gasteiger partial charge in [-0.3, -0.25) is 0 Å². The van der Waals surface area contributed by atoms with Gasteiger partial charge in [-0.1, -0.05) is 27.1 Å². The van der Waals surface area contributed by atoms with Crippen molar-refractivity contribution in [1.29, 1.82) is 0 Å². The fourth-order valence-electron chi connectivity index (χ4n) is 2.37. The van der Waals surface area contributed by atoms with Gasteiger partial charge in [0.2, 0.25) is 0 Å². The second kappa shape index (κ2) is 8.03. The van der Waals surface area contributed by atoms with Crippen LogP contribution in [-0.4, -0.2) is 37.4 Å². The zero-order valence-electron chi connectivity index (χ0n) is 12.1. The molecule has 1 saturated heterocycles. The molecule has 1 heterocycles. The Labute approximate surface area is 136 Å². The number of anilines is 1. The van der Waals surface area contributed by atoms with Crippen LogP contribution in [0.2, 0.25) is 0 Å². The van der Waals surface area contributed by atoms with Crippen molar-refractivity contribution in [2.45, 2.75) is 31.5 Å². The van der Waals surface area contributed by atoms with E-state index in [0.29, 0.717) is 13.0 Å². The highest BCUT2D eigenvalue weighted by molar-refractivity contribution is 9.10. The van der Waals surface area contributed by atoms with Gasteiger partial charge in [0.15, 0.2) is 6.04 Å². The van der Waals surface area contributed by atoms with Crippen molar-refractivity contribution in [2.24, 2.45) is 5.11 Å². The molecule has 1 aliphatic rings. The quantitative estimate of drug-likeness (QED) is 0.360. The van der Waals surface area contributed by atoms with E-state index in [4.69, 9.17) is 15.0 Å². The van der Waals surface area contributed by atoms with E-state index >= 15 is 0 Å². The number of nitrogens with zero attached hydrogens (tertiary/aromatic N) is 3. The summed E-state index contributed by atoms with van der Waals surface area (Å²) in [7, 11) is 0. The summed E-state index contributed by atoms with van der Waals surface area (Å²) in [5.41, 5.74) is 9.41. The van der Waals surface area contributed by atoms with Gasteiger partial charge in [0, 0.05) is 21.7 Å². The lowest BCUT2D eigenvalue weighted by molar-refractivity contribution is -0.147. The Morgan fingerprint density at radius 3 is 3.18 bits per heavy atom. The summed E-state index contributed by atoms with van der Waals surface area (Å²) < 4.78 is 11.6. The number of azide groups is 1. The highest BCUT2D eigenvalue weighted by atomic mass is 79.9. The lowest BCUT2D eigenvalue weighted by Crippen LogP contribution is -2.46. The molecular weight excluding hydrogens is 352 g/mol. The first kappa shape index (κ1) is 16.6. The molecule has 2 rings (SSSR count). The molecule has 1 fully saturated rings. The summed E-state index contributed by atoms with van der Waals surface area (Å²) in [5, 5.41) is 6.85. The molecular formula is C14H17BrN4O3. The monoisotopic (exact) mass is 368 g/mol. The number of benzene rings is 1. The van der Waals surface area contributed by atoms with Crippen molar-refractivity contribution in [3.8, 4) is 0 Å². The third-order valence-corrected chi connectivity index (χ3v) is 3.81. The summed E-state index contributed by atoms with van der Waals surface area (Å²) in [5.74, 6) is -0.424. The predicted molar refractivity (Wildman–Crippen MR) is 85.5 cm³/mol. The normalized spacial score (nSPS) is 21.7. The molecule has 1 aliphatic heterocycles. The van der Waals surface area contributed by atoms with Gasteiger partial charge >= 0.3 is 5.97 Å². The number of nitrogens with one attached hydrogen (secondary N) is 1. The minimum absolute atomic E-state index is 0.272. The molecule has 0 amide bonds. The first-order valence-corrected chi connectivity index (χ1v) is 7.79. The first-order valence-electron chi connectivity index (χ1n) is 7.00. The predicted octanol–water partition coefficient (Wildman–Crippen LogP) is 3.26. The smallest absolute Gasteiger partial charge is 0.331 e. The fourth-order valence-corrected chi connectivity index (χ4v) is 2.77. The van der Waals surface area contributed by atoms with Gasteiger partial charge in [0.05, 0.1) is 18.8 Å². The Morgan fingerprint density at radius 2 is 2.50 bits per heavy atom. The first-order chi connectivity index (χ1) is 10.7. The molecule has 22 heavy (non-hydrogen) atoms. The van der Waals surface area contributed by atoms with Crippen molar-refractivity contribution in [3.63, 3.8) is 0 Å². The molecule has 0 bridgehead atoms. The Bertz CT molecular complexity index is 577. The molecule has 0 radical (unpaired) electrons. The van der Waals surface area contributed by atoms with Gasteiger partial charge in [0.1, 0.15) is 0 Å². The van der Waals surface area contributed by atoms with Crippen molar-refractivity contribution in [2.75, 3.05) is 18.5 Å². The Balaban J connectivity index is 2.22. The Morgan fingerprint density at radius 1 is 1.68 bits per heavy atom. The summed E-state index contributed by atoms with van der Waals surface area (Å²) in [4.78, 5) is 15.1. The molecule has 1 aromatic rings. The van der Waals surface area contributed by atoms with E-state index in [1.165, 1.54) is 0 Å². The third-order valence-electron chi connectivity index (χ3n) is 3.32. The Kier molecular flexibility index (Phi) is 6.06. The van der Waals surface area contributed by atoms with E-state index in [1.807, 2.05) is 24.3 Å². The minimum Gasteiger partial charge on any atom is -0.464 e. The van der Waals surface area contributed by atoms with Gasteiger partial charge in [-0.15, -0.1) is 0 Å². The zero-order valence-corrected chi connectivity index (χ0v) is 13.7. The van der Waals surface area contributed by atoms with Crippen LogP contribution in [0.5, 0.6) is 0 Å². The third kappa shape index (κ3) is 4.13. The van der Waals surface area contributed by atoms with E-state index in [2.05, 4.69) is 31.3 Å². The van der Waals surface area contributed by atoms with Gasteiger partial charge in [0.25, 0.3) is 0 Å². The van der Waals surface area contributed by atoms with Crippen molar-refractivity contribution in [3.05, 3.63) is 39.2 Å². The van der Waals surface area contributed by atoms with Gasteiger partial charge in [-0.05, 0) is 37.1 Å². The number of hydrogen-bond donors (Lipinski definition) is 1. The molecule has 1 unspecified atom stereocenters. The molecule has 0 aliphatic carbocycles. The molecule has 3 atom stereocenters. The molecule has 0 saturated carbocycles. The van der Waals surface area contributed by atoms with E-state index < -0.39 is 18.1 Å². The molecule has 0 spiro atoms. The highest BCUT2D eigenvalue weighted by Crippen LogP contribution is 2.25. The number of ether oxygens (including phenoxy) is 2. The Hall–Kier alpha value is -1.76. The van der Waals surface area contributed by atoms with E-state index in [9.17, 15) is 4.79 Å². The van der Waals surface area contributed by atoms with Crippen LogP contribution in [0.1, 0.15) is 13.3 Å². The summed E-state index contributed by atoms with van der Waals surface area (Å²) in [6.07, 6.45) is 0.0408. The van der Waals surface area contributed by atoms with Crippen molar-refractivity contribution >= 4 is 27.6 Å². The average molecular weight is 369 g/mol. The standard InChI is InChI=1S/C14H17BrN4O3/c1-2-21-14(20)12(13-11(18-19-16)6-7-22-13)17-10-5-3-4-9(15)8-10/h3-5,8,11-13,17H,2,6-7H2,1H3/t11-,12?,13-/m1/s1. The highest BCUT2D eigenvalue weighted by Gasteiger charge is 2.39. The second-order valence-electron chi connectivity index (χ2n) is 4.78. The molecule has 0 aromatic heterocycles. The fraction of sp³-hybridized carbons (Fsp3) is 0.500. The molecule has 7 nitrogen and oxygen atoms in total. The maximum atomic E-state index is 12.3. The van der Waals surface area contributed by atoms with E-state index in [0.717, 1.165) is 10.2 Å². The maximum Gasteiger partial charge on any atom is 0.331 e. The number of carbonyl (C=O) groups excluding carboxylic acids is 1. The van der Waals surface area contributed by atoms with Gasteiger partial charge < -0.3 is 14.8 Å². The van der Waals surface area contributed by atoms with Crippen LogP contribution in [-0.2, 0) is 14.3 Å².